The Balaban J connectivity index is 2.47. The first-order valence-corrected chi connectivity index (χ1v) is 6.50. The molecule has 1 heterocycles. The summed E-state index contributed by atoms with van der Waals surface area (Å²) in [7, 11) is -3.76. The molecule has 7 heteroatoms. The van der Waals surface area contributed by atoms with Crippen LogP contribution in [0.1, 0.15) is 5.56 Å². The van der Waals surface area contributed by atoms with Crippen molar-refractivity contribution in [2.75, 3.05) is 18.8 Å². The van der Waals surface area contributed by atoms with Crippen molar-refractivity contribution in [1.29, 1.82) is 0 Å². The molecular weight excluding hydrogens is 247 g/mol. The number of nitrogen functional groups attached to an aromatic ring is 1. The van der Waals surface area contributed by atoms with Gasteiger partial charge in [-0.15, -0.1) is 0 Å². The molecule has 0 spiro atoms. The number of sulfonamides is 1. The third kappa shape index (κ3) is 2.01. The summed E-state index contributed by atoms with van der Waals surface area (Å²) >= 11 is 0. The van der Waals surface area contributed by atoms with Crippen molar-refractivity contribution >= 4 is 15.7 Å². The van der Waals surface area contributed by atoms with Gasteiger partial charge in [0.1, 0.15) is 5.82 Å². The molecule has 3 N–H and O–H groups in total. The van der Waals surface area contributed by atoms with Gasteiger partial charge in [-0.3, -0.25) is 0 Å². The van der Waals surface area contributed by atoms with Crippen LogP contribution in [0, 0.1) is 12.7 Å². The van der Waals surface area contributed by atoms with E-state index in [9.17, 15) is 12.8 Å². The van der Waals surface area contributed by atoms with Gasteiger partial charge in [0.05, 0.1) is 11.0 Å². The van der Waals surface area contributed by atoms with Gasteiger partial charge in [0.15, 0.2) is 0 Å². The Labute approximate surface area is 98.7 Å². The number of nitrogens with two attached hydrogens (primary N) is 1. The summed E-state index contributed by atoms with van der Waals surface area (Å²) in [4.78, 5) is -0.137. The van der Waals surface area contributed by atoms with Crippen LogP contribution in [0.3, 0.4) is 0 Å². The SMILES string of the molecule is Cc1c(F)cc(N)cc1S(=O)(=O)N1CC(O)C1. The Morgan fingerprint density at radius 2 is 2.06 bits per heavy atom. The Kier molecular flexibility index (Phi) is 2.84. The Bertz CT molecular complexity index is 553. The summed E-state index contributed by atoms with van der Waals surface area (Å²) in [6.45, 7) is 1.47. The van der Waals surface area contributed by atoms with Gasteiger partial charge in [-0.05, 0) is 19.1 Å². The van der Waals surface area contributed by atoms with Crippen molar-refractivity contribution in [3.8, 4) is 0 Å². The maximum atomic E-state index is 13.4. The summed E-state index contributed by atoms with van der Waals surface area (Å²) in [5.74, 6) is -0.648. The fourth-order valence-electron chi connectivity index (χ4n) is 1.69. The van der Waals surface area contributed by atoms with Gasteiger partial charge in [0.2, 0.25) is 10.0 Å². The molecule has 0 radical (unpaired) electrons. The van der Waals surface area contributed by atoms with E-state index >= 15 is 0 Å². The zero-order valence-electron chi connectivity index (χ0n) is 9.22. The highest BCUT2D eigenvalue weighted by Crippen LogP contribution is 2.27. The average molecular weight is 260 g/mol. The molecule has 1 aromatic rings. The Morgan fingerprint density at radius 3 is 2.59 bits per heavy atom. The van der Waals surface area contributed by atoms with E-state index < -0.39 is 21.9 Å². The smallest absolute Gasteiger partial charge is 0.243 e. The first-order chi connectivity index (χ1) is 7.82. The van der Waals surface area contributed by atoms with Crippen LogP contribution in [0.4, 0.5) is 10.1 Å². The lowest BCUT2D eigenvalue weighted by atomic mass is 10.2. The highest BCUT2D eigenvalue weighted by Gasteiger charge is 2.36. The fraction of sp³-hybridized carbons (Fsp3) is 0.400. The van der Waals surface area contributed by atoms with Crippen molar-refractivity contribution in [2.24, 2.45) is 0 Å². The standard InChI is InChI=1S/C10H13FN2O3S/c1-6-9(11)2-7(12)3-10(6)17(15,16)13-4-8(14)5-13/h2-3,8,14H,4-5,12H2,1H3. The van der Waals surface area contributed by atoms with Crippen LogP contribution in [-0.2, 0) is 10.0 Å². The number of nitrogens with zero attached hydrogens (tertiary/aromatic N) is 1. The summed E-state index contributed by atoms with van der Waals surface area (Å²) < 4.78 is 38.7. The maximum Gasteiger partial charge on any atom is 0.243 e. The number of β-amino-alcohol motifs (C(OH)–C–C–N with tert-alkyl or cyclic N) is 1. The predicted molar refractivity (Wildman–Crippen MR) is 60.3 cm³/mol. The van der Waals surface area contributed by atoms with E-state index in [4.69, 9.17) is 10.8 Å². The van der Waals surface area contributed by atoms with Crippen LogP contribution >= 0.6 is 0 Å². The lowest BCUT2D eigenvalue weighted by Crippen LogP contribution is -2.53. The molecule has 0 amide bonds. The topological polar surface area (TPSA) is 83.6 Å². The van der Waals surface area contributed by atoms with Crippen molar-refractivity contribution in [2.45, 2.75) is 17.9 Å². The van der Waals surface area contributed by atoms with E-state index in [0.717, 1.165) is 10.4 Å². The van der Waals surface area contributed by atoms with Crippen molar-refractivity contribution < 1.29 is 17.9 Å². The molecule has 94 valence electrons. The van der Waals surface area contributed by atoms with E-state index in [1.54, 1.807) is 0 Å². The van der Waals surface area contributed by atoms with E-state index in [-0.39, 0.29) is 29.2 Å². The molecule has 0 saturated carbocycles. The molecule has 1 fully saturated rings. The largest absolute Gasteiger partial charge is 0.399 e. The highest BCUT2D eigenvalue weighted by atomic mass is 32.2. The molecule has 0 aromatic heterocycles. The molecule has 17 heavy (non-hydrogen) atoms. The van der Waals surface area contributed by atoms with Crippen LogP contribution in [-0.4, -0.2) is 37.0 Å². The highest BCUT2D eigenvalue weighted by molar-refractivity contribution is 7.89. The second-order valence-electron chi connectivity index (χ2n) is 4.10. The zero-order chi connectivity index (χ0) is 12.8. The molecular formula is C10H13FN2O3S. The number of hydrogen-bond acceptors (Lipinski definition) is 4. The first kappa shape index (κ1) is 12.3. The van der Waals surface area contributed by atoms with Crippen LogP contribution in [0.5, 0.6) is 0 Å². The van der Waals surface area contributed by atoms with E-state index in [0.29, 0.717) is 0 Å². The van der Waals surface area contributed by atoms with Gasteiger partial charge in [0.25, 0.3) is 0 Å². The monoisotopic (exact) mass is 260 g/mol. The summed E-state index contributed by atoms with van der Waals surface area (Å²) in [5.41, 5.74) is 5.54. The lowest BCUT2D eigenvalue weighted by molar-refractivity contribution is 0.0547. The van der Waals surface area contributed by atoms with Crippen molar-refractivity contribution in [3.63, 3.8) is 0 Å². The molecule has 1 aliphatic rings. The van der Waals surface area contributed by atoms with Gasteiger partial charge in [-0.1, -0.05) is 0 Å². The van der Waals surface area contributed by atoms with Crippen LogP contribution in [0.2, 0.25) is 0 Å². The first-order valence-electron chi connectivity index (χ1n) is 5.06. The predicted octanol–water partition coefficient (Wildman–Crippen LogP) is 0.0815. The van der Waals surface area contributed by atoms with Crippen LogP contribution < -0.4 is 5.73 Å². The average Bonchev–Trinajstić information content (AvgIpc) is 2.18. The van der Waals surface area contributed by atoms with E-state index in [1.807, 2.05) is 0 Å². The van der Waals surface area contributed by atoms with E-state index in [1.165, 1.54) is 13.0 Å². The second kappa shape index (κ2) is 3.94. The molecule has 5 nitrogen and oxygen atoms in total. The Hall–Kier alpha value is -1.18. The zero-order valence-corrected chi connectivity index (χ0v) is 10.0. The van der Waals surface area contributed by atoms with Crippen LogP contribution in [0.15, 0.2) is 17.0 Å². The number of hydrogen-bond donors (Lipinski definition) is 2. The fourth-order valence-corrected chi connectivity index (χ4v) is 3.48. The second-order valence-corrected chi connectivity index (χ2v) is 6.01. The van der Waals surface area contributed by atoms with E-state index in [2.05, 4.69) is 0 Å². The molecule has 1 aliphatic heterocycles. The summed E-state index contributed by atoms with van der Waals surface area (Å²) in [5, 5.41) is 9.10. The minimum atomic E-state index is -3.76. The van der Waals surface area contributed by atoms with Gasteiger partial charge >= 0.3 is 0 Å². The normalized spacial score (nSPS) is 18.1. The summed E-state index contributed by atoms with van der Waals surface area (Å²) in [6, 6.07) is 2.32. The number of rotatable bonds is 2. The van der Waals surface area contributed by atoms with Crippen LogP contribution in [0.25, 0.3) is 0 Å². The third-order valence-electron chi connectivity index (χ3n) is 2.77. The number of benzene rings is 1. The lowest BCUT2D eigenvalue weighted by Gasteiger charge is -2.34. The minimum Gasteiger partial charge on any atom is -0.399 e. The molecule has 1 aromatic carbocycles. The van der Waals surface area contributed by atoms with Crippen molar-refractivity contribution in [1.82, 2.24) is 4.31 Å². The molecule has 1 saturated heterocycles. The minimum absolute atomic E-state index is 0.0399. The molecule has 0 atom stereocenters. The molecule has 2 rings (SSSR count). The van der Waals surface area contributed by atoms with Gasteiger partial charge in [-0.2, -0.15) is 4.31 Å². The third-order valence-corrected chi connectivity index (χ3v) is 4.72. The quantitative estimate of drug-likeness (QED) is 0.738. The molecule has 0 unspecified atom stereocenters. The number of aliphatic hydroxyl groups excluding tert-OH is 1. The van der Waals surface area contributed by atoms with Crippen molar-refractivity contribution in [3.05, 3.63) is 23.5 Å². The van der Waals surface area contributed by atoms with Gasteiger partial charge in [0, 0.05) is 24.3 Å². The number of anilines is 1. The molecule has 0 aliphatic carbocycles. The Morgan fingerprint density at radius 1 is 1.47 bits per heavy atom. The van der Waals surface area contributed by atoms with Gasteiger partial charge < -0.3 is 10.8 Å². The van der Waals surface area contributed by atoms with Gasteiger partial charge in [-0.25, -0.2) is 12.8 Å². The summed E-state index contributed by atoms with van der Waals surface area (Å²) in [6.07, 6.45) is -0.643. The number of aliphatic hydroxyl groups is 1. The number of halogens is 1. The molecule has 0 bridgehead atoms. The maximum absolute atomic E-state index is 13.4.